The van der Waals surface area contributed by atoms with Crippen molar-refractivity contribution in [3.8, 4) is 0 Å². The number of Topliss-reactive ketones (excluding diaryl/α,β-unsaturated/α-hetero) is 1. The fourth-order valence-electron chi connectivity index (χ4n) is 3.96. The van der Waals surface area contributed by atoms with E-state index >= 15 is 0 Å². The second-order valence-electron chi connectivity index (χ2n) is 8.46. The third kappa shape index (κ3) is 5.39. The number of ketones is 1. The summed E-state index contributed by atoms with van der Waals surface area (Å²) in [5, 5.41) is 0. The first-order chi connectivity index (χ1) is 16.1. The van der Waals surface area contributed by atoms with Crippen LogP contribution in [0, 0.1) is 19.8 Å². The maximum atomic E-state index is 12.8. The number of ether oxygens (including phenoxy) is 2. The van der Waals surface area contributed by atoms with Crippen LogP contribution in [0.3, 0.4) is 0 Å². The van der Waals surface area contributed by atoms with Gasteiger partial charge < -0.3 is 14.5 Å². The number of aromatic amines is 1. The van der Waals surface area contributed by atoms with Crippen LogP contribution in [0.5, 0.6) is 0 Å². The van der Waals surface area contributed by atoms with Gasteiger partial charge in [-0.15, -0.1) is 0 Å². The number of rotatable bonds is 8. The van der Waals surface area contributed by atoms with Crippen LogP contribution >= 0.6 is 0 Å². The molecule has 0 aliphatic carbocycles. The topological polar surface area (TPSA) is 123 Å². The zero-order valence-corrected chi connectivity index (χ0v) is 20.7. The Morgan fingerprint density at radius 3 is 2.24 bits per heavy atom. The summed E-state index contributed by atoms with van der Waals surface area (Å²) in [6.45, 7) is 7.70. The van der Waals surface area contributed by atoms with Gasteiger partial charge in [0.2, 0.25) is 15.8 Å². The molecule has 0 unspecified atom stereocenters. The predicted octanol–water partition coefficient (Wildman–Crippen LogP) is 3.27. The average molecular weight is 491 g/mol. The highest BCUT2D eigenvalue weighted by Crippen LogP contribution is 2.24. The number of esters is 2. The van der Waals surface area contributed by atoms with Crippen molar-refractivity contribution in [2.75, 3.05) is 26.3 Å². The van der Waals surface area contributed by atoms with Crippen molar-refractivity contribution >= 4 is 27.7 Å². The number of nitrogens with zero attached hydrogens (tertiary/aromatic N) is 1. The fraction of sp³-hybridized carbons (Fsp3) is 0.458. The molecule has 1 N–H and O–H groups in total. The van der Waals surface area contributed by atoms with Crippen molar-refractivity contribution in [3.63, 3.8) is 0 Å². The van der Waals surface area contributed by atoms with Crippen molar-refractivity contribution < 1.29 is 32.3 Å². The van der Waals surface area contributed by atoms with Crippen molar-refractivity contribution in [2.24, 2.45) is 5.92 Å². The van der Waals surface area contributed by atoms with E-state index in [4.69, 9.17) is 9.47 Å². The largest absolute Gasteiger partial charge is 0.462 e. The van der Waals surface area contributed by atoms with Crippen LogP contribution in [0.4, 0.5) is 0 Å². The van der Waals surface area contributed by atoms with Crippen LogP contribution in [-0.4, -0.2) is 61.7 Å². The lowest BCUT2D eigenvalue weighted by Crippen LogP contribution is -2.37. The molecule has 184 valence electrons. The highest BCUT2D eigenvalue weighted by Gasteiger charge is 2.28. The zero-order valence-electron chi connectivity index (χ0n) is 19.8. The Labute approximate surface area is 199 Å². The molecule has 2 aromatic rings. The molecule has 0 saturated carbocycles. The van der Waals surface area contributed by atoms with E-state index in [0.29, 0.717) is 30.3 Å². The van der Waals surface area contributed by atoms with Gasteiger partial charge in [0.15, 0.2) is 6.61 Å². The standard InChI is InChI=1S/C24H30N2O7S/c1-5-32-24(29)21-16(3)22(25-17(21)4)20(27)14-33-23(28)18-6-8-19(9-7-18)34(30,31)26-12-10-15(2)11-13-26/h6-9,15,25H,5,10-14H2,1-4H3. The van der Waals surface area contributed by atoms with E-state index in [1.54, 1.807) is 20.8 Å². The highest BCUT2D eigenvalue weighted by atomic mass is 32.2. The molecular weight excluding hydrogens is 460 g/mol. The summed E-state index contributed by atoms with van der Waals surface area (Å²) in [7, 11) is -3.62. The summed E-state index contributed by atoms with van der Waals surface area (Å²) >= 11 is 0. The van der Waals surface area contributed by atoms with Gasteiger partial charge in [-0.1, -0.05) is 6.92 Å². The van der Waals surface area contributed by atoms with Gasteiger partial charge in [-0.2, -0.15) is 4.31 Å². The van der Waals surface area contributed by atoms with E-state index in [9.17, 15) is 22.8 Å². The first-order valence-corrected chi connectivity index (χ1v) is 12.7. The molecule has 1 saturated heterocycles. The van der Waals surface area contributed by atoms with E-state index in [1.807, 2.05) is 0 Å². The summed E-state index contributed by atoms with van der Waals surface area (Å²) in [6.07, 6.45) is 1.64. The zero-order chi connectivity index (χ0) is 25.0. The normalized spacial score (nSPS) is 15.2. The number of H-pyrrole nitrogens is 1. The molecule has 10 heteroatoms. The molecule has 1 fully saturated rings. The smallest absolute Gasteiger partial charge is 0.340 e. The molecule has 0 spiro atoms. The molecule has 0 radical (unpaired) electrons. The molecule has 34 heavy (non-hydrogen) atoms. The van der Waals surface area contributed by atoms with Gasteiger partial charge in [0.25, 0.3) is 0 Å². The molecule has 1 aromatic carbocycles. The number of aromatic nitrogens is 1. The van der Waals surface area contributed by atoms with Gasteiger partial charge in [-0.05, 0) is 69.4 Å². The summed E-state index contributed by atoms with van der Waals surface area (Å²) in [5.74, 6) is -1.28. The minimum atomic E-state index is -3.62. The maximum Gasteiger partial charge on any atom is 0.340 e. The van der Waals surface area contributed by atoms with Gasteiger partial charge in [-0.3, -0.25) is 4.79 Å². The SMILES string of the molecule is CCOC(=O)c1c(C)[nH]c(C(=O)COC(=O)c2ccc(S(=O)(=O)N3CCC(C)CC3)cc2)c1C. The maximum absolute atomic E-state index is 12.8. The number of nitrogens with one attached hydrogen (secondary N) is 1. The predicted molar refractivity (Wildman–Crippen MR) is 124 cm³/mol. The lowest BCUT2D eigenvalue weighted by atomic mass is 10.0. The average Bonchev–Trinajstić information content (AvgIpc) is 3.11. The van der Waals surface area contributed by atoms with Gasteiger partial charge in [-0.25, -0.2) is 18.0 Å². The van der Waals surface area contributed by atoms with E-state index in [1.165, 1.54) is 28.6 Å². The third-order valence-corrected chi connectivity index (χ3v) is 7.91. The first kappa shape index (κ1) is 25.6. The molecule has 9 nitrogen and oxygen atoms in total. The van der Waals surface area contributed by atoms with Crippen LogP contribution in [0.2, 0.25) is 0 Å². The third-order valence-electron chi connectivity index (χ3n) is 6.00. The summed E-state index contributed by atoms with van der Waals surface area (Å²) in [6, 6.07) is 5.48. The van der Waals surface area contributed by atoms with Gasteiger partial charge >= 0.3 is 11.9 Å². The minimum absolute atomic E-state index is 0.110. The van der Waals surface area contributed by atoms with Gasteiger partial charge in [0.1, 0.15) is 0 Å². The van der Waals surface area contributed by atoms with Crippen LogP contribution in [0.25, 0.3) is 0 Å². The monoisotopic (exact) mass is 490 g/mol. The van der Waals surface area contributed by atoms with E-state index < -0.39 is 34.4 Å². The molecule has 3 rings (SSSR count). The number of hydrogen-bond acceptors (Lipinski definition) is 7. The number of benzene rings is 1. The minimum Gasteiger partial charge on any atom is -0.462 e. The van der Waals surface area contributed by atoms with Crippen LogP contribution in [-0.2, 0) is 19.5 Å². The van der Waals surface area contributed by atoms with Gasteiger partial charge in [0.05, 0.1) is 28.3 Å². The fourth-order valence-corrected chi connectivity index (χ4v) is 5.43. The van der Waals surface area contributed by atoms with Crippen LogP contribution < -0.4 is 0 Å². The number of aryl methyl sites for hydroxylation is 1. The van der Waals surface area contributed by atoms with Crippen molar-refractivity contribution in [1.82, 2.24) is 9.29 Å². The van der Waals surface area contributed by atoms with Crippen molar-refractivity contribution in [3.05, 3.63) is 52.3 Å². The molecule has 1 aliphatic rings. The molecular formula is C24H30N2O7S. The Kier molecular flexibility index (Phi) is 7.93. The molecule has 0 bridgehead atoms. The summed E-state index contributed by atoms with van der Waals surface area (Å²) in [4.78, 5) is 40.1. The number of hydrogen-bond donors (Lipinski definition) is 1. The van der Waals surface area contributed by atoms with Crippen LogP contribution in [0.1, 0.15) is 69.2 Å². The van der Waals surface area contributed by atoms with E-state index in [0.717, 1.165) is 12.8 Å². The second kappa shape index (κ2) is 10.5. The quantitative estimate of drug-likeness (QED) is 0.445. The Morgan fingerprint density at radius 2 is 1.65 bits per heavy atom. The molecule has 1 aliphatic heterocycles. The van der Waals surface area contributed by atoms with Crippen molar-refractivity contribution in [2.45, 2.75) is 45.4 Å². The lowest BCUT2D eigenvalue weighted by molar-refractivity contribution is 0.0472. The highest BCUT2D eigenvalue weighted by molar-refractivity contribution is 7.89. The van der Waals surface area contributed by atoms with Crippen molar-refractivity contribution in [1.29, 1.82) is 0 Å². The van der Waals surface area contributed by atoms with Gasteiger partial charge in [0, 0.05) is 18.8 Å². The number of carbonyl (C=O) groups is 3. The number of piperidine rings is 1. The van der Waals surface area contributed by atoms with Crippen LogP contribution in [0.15, 0.2) is 29.2 Å². The second-order valence-corrected chi connectivity index (χ2v) is 10.4. The van der Waals surface area contributed by atoms with E-state index in [-0.39, 0.29) is 28.3 Å². The Bertz CT molecular complexity index is 1170. The molecule has 1 aromatic heterocycles. The lowest BCUT2D eigenvalue weighted by Gasteiger charge is -2.29. The summed E-state index contributed by atoms with van der Waals surface area (Å²) in [5.41, 5.74) is 1.51. The Balaban J connectivity index is 1.64. The molecule has 0 atom stereocenters. The van der Waals surface area contributed by atoms with E-state index in [2.05, 4.69) is 11.9 Å². The Morgan fingerprint density at radius 1 is 1.03 bits per heavy atom. The number of carbonyl (C=O) groups excluding carboxylic acids is 3. The number of sulfonamides is 1. The Hall–Kier alpha value is -2.98. The first-order valence-electron chi connectivity index (χ1n) is 11.2. The molecule has 2 heterocycles. The molecule has 0 amide bonds. The summed E-state index contributed by atoms with van der Waals surface area (Å²) < 4.78 is 37.3.